The van der Waals surface area contributed by atoms with Gasteiger partial charge in [0.05, 0.1) is 21.7 Å². The van der Waals surface area contributed by atoms with Crippen molar-refractivity contribution in [2.75, 3.05) is 12.8 Å². The van der Waals surface area contributed by atoms with Gasteiger partial charge in [-0.1, -0.05) is 29.4 Å². The molecule has 0 saturated heterocycles. The highest BCUT2D eigenvalue weighted by atomic mass is 35.5. The minimum Gasteiger partial charge on any atom is -0.340 e. The summed E-state index contributed by atoms with van der Waals surface area (Å²) in [6, 6.07) is 9.47. The maximum Gasteiger partial charge on any atom is 0.233 e. The second-order valence-corrected chi connectivity index (χ2v) is 6.71. The Kier molecular flexibility index (Phi) is 5.24. The molecule has 2 rings (SSSR count). The molecule has 0 aromatic carbocycles. The van der Waals surface area contributed by atoms with Crippen LogP contribution in [0.4, 0.5) is 0 Å². The molecule has 0 aliphatic rings. The van der Waals surface area contributed by atoms with Crippen LogP contribution in [-0.2, 0) is 11.3 Å². The fourth-order valence-electron chi connectivity index (χ4n) is 1.44. The van der Waals surface area contributed by atoms with E-state index >= 15 is 0 Å². The van der Waals surface area contributed by atoms with E-state index in [-0.39, 0.29) is 5.91 Å². The topological polar surface area (TPSA) is 33.2 Å². The van der Waals surface area contributed by atoms with Gasteiger partial charge < -0.3 is 4.90 Å². The van der Waals surface area contributed by atoms with Gasteiger partial charge in [-0.05, 0) is 24.3 Å². The van der Waals surface area contributed by atoms with Gasteiger partial charge in [0, 0.05) is 18.1 Å². The molecule has 3 nitrogen and oxygen atoms in total. The van der Waals surface area contributed by atoms with Crippen molar-refractivity contribution in [1.82, 2.24) is 9.88 Å². The van der Waals surface area contributed by atoms with Crippen LogP contribution in [0, 0.1) is 0 Å². The summed E-state index contributed by atoms with van der Waals surface area (Å²) >= 11 is 8.82. The number of carbonyl (C=O) groups is 1. The molecule has 19 heavy (non-hydrogen) atoms. The van der Waals surface area contributed by atoms with E-state index in [0.717, 1.165) is 14.2 Å². The van der Waals surface area contributed by atoms with Gasteiger partial charge >= 0.3 is 0 Å². The van der Waals surface area contributed by atoms with Gasteiger partial charge in [-0.2, -0.15) is 0 Å². The molecule has 1 amide bonds. The van der Waals surface area contributed by atoms with Gasteiger partial charge in [0.15, 0.2) is 0 Å². The number of aromatic nitrogens is 1. The predicted octanol–water partition coefficient (Wildman–Crippen LogP) is 3.55. The lowest BCUT2D eigenvalue weighted by molar-refractivity contribution is -0.127. The molecule has 0 saturated carbocycles. The summed E-state index contributed by atoms with van der Waals surface area (Å²) < 4.78 is 0.749. The fourth-order valence-corrected chi connectivity index (χ4v) is 3.38. The third-order valence-corrected chi connectivity index (χ3v) is 4.57. The first kappa shape index (κ1) is 14.4. The molecule has 0 fully saturated rings. The van der Waals surface area contributed by atoms with Crippen LogP contribution in [-0.4, -0.2) is 28.6 Å². The predicted molar refractivity (Wildman–Crippen MR) is 80.8 cm³/mol. The summed E-state index contributed by atoms with van der Waals surface area (Å²) in [6.07, 6.45) is 1.73. The zero-order valence-electron chi connectivity index (χ0n) is 10.4. The Balaban J connectivity index is 1.82. The minimum absolute atomic E-state index is 0.0835. The molecular weight excluding hydrogens is 300 g/mol. The van der Waals surface area contributed by atoms with E-state index in [9.17, 15) is 4.79 Å². The summed E-state index contributed by atoms with van der Waals surface area (Å²) in [7, 11) is 1.80. The lowest BCUT2D eigenvalue weighted by Crippen LogP contribution is -2.27. The molecule has 2 aromatic heterocycles. The average Bonchev–Trinajstić information content (AvgIpc) is 2.82. The van der Waals surface area contributed by atoms with Gasteiger partial charge in [0.25, 0.3) is 0 Å². The highest BCUT2D eigenvalue weighted by Gasteiger charge is 2.11. The van der Waals surface area contributed by atoms with Crippen LogP contribution in [0.15, 0.2) is 41.6 Å². The summed E-state index contributed by atoms with van der Waals surface area (Å²) in [5.41, 5.74) is 0. The molecule has 100 valence electrons. The minimum atomic E-state index is 0.0835. The van der Waals surface area contributed by atoms with Gasteiger partial charge in [-0.3, -0.25) is 4.79 Å². The van der Waals surface area contributed by atoms with Crippen molar-refractivity contribution in [3.05, 3.63) is 45.7 Å². The van der Waals surface area contributed by atoms with E-state index in [1.807, 2.05) is 30.3 Å². The Hall–Kier alpha value is -1.04. The number of halogens is 1. The molecule has 0 spiro atoms. The lowest BCUT2D eigenvalue weighted by atomic mass is 10.4. The first-order chi connectivity index (χ1) is 9.15. The van der Waals surface area contributed by atoms with Crippen LogP contribution in [0.5, 0.6) is 0 Å². The normalized spacial score (nSPS) is 10.4. The second kappa shape index (κ2) is 6.93. The third kappa shape index (κ3) is 4.53. The Morgan fingerprint density at radius 1 is 1.42 bits per heavy atom. The molecule has 2 heterocycles. The summed E-state index contributed by atoms with van der Waals surface area (Å²) in [4.78, 5) is 18.9. The van der Waals surface area contributed by atoms with E-state index in [2.05, 4.69) is 4.98 Å². The van der Waals surface area contributed by atoms with E-state index in [0.29, 0.717) is 12.3 Å². The average molecular weight is 313 g/mol. The molecule has 0 atom stereocenters. The first-order valence-corrected chi connectivity index (χ1v) is 7.85. The summed E-state index contributed by atoms with van der Waals surface area (Å²) in [5.74, 6) is 0.479. The Labute approximate surface area is 125 Å². The molecule has 0 bridgehead atoms. The number of carbonyl (C=O) groups excluding carboxylic acids is 1. The van der Waals surface area contributed by atoms with Gasteiger partial charge in [0.1, 0.15) is 0 Å². The smallest absolute Gasteiger partial charge is 0.233 e. The van der Waals surface area contributed by atoms with Gasteiger partial charge in [0.2, 0.25) is 5.91 Å². The second-order valence-electron chi connectivity index (χ2n) is 3.91. The number of thiophene rings is 1. The lowest BCUT2D eigenvalue weighted by Gasteiger charge is -2.15. The molecule has 0 unspecified atom stereocenters. The Bertz CT molecular complexity index is 545. The van der Waals surface area contributed by atoms with Crippen LogP contribution in [0.1, 0.15) is 4.88 Å². The van der Waals surface area contributed by atoms with Crippen molar-refractivity contribution in [3.8, 4) is 0 Å². The van der Waals surface area contributed by atoms with Crippen molar-refractivity contribution in [1.29, 1.82) is 0 Å². The largest absolute Gasteiger partial charge is 0.340 e. The monoisotopic (exact) mass is 312 g/mol. The van der Waals surface area contributed by atoms with Crippen LogP contribution in [0.3, 0.4) is 0 Å². The van der Waals surface area contributed by atoms with Crippen molar-refractivity contribution in [3.63, 3.8) is 0 Å². The molecule has 2 aromatic rings. The number of hydrogen-bond acceptors (Lipinski definition) is 4. The highest BCUT2D eigenvalue weighted by molar-refractivity contribution is 7.99. The van der Waals surface area contributed by atoms with Crippen LogP contribution >= 0.6 is 34.7 Å². The molecule has 0 N–H and O–H groups in total. The number of pyridine rings is 1. The van der Waals surface area contributed by atoms with Crippen molar-refractivity contribution < 1.29 is 4.79 Å². The maximum atomic E-state index is 12.0. The zero-order valence-corrected chi connectivity index (χ0v) is 12.8. The standard InChI is InChI=1S/C13H13ClN2OS2/c1-16(8-10-5-6-11(14)19-10)13(17)9-18-12-4-2-3-7-15-12/h2-7H,8-9H2,1H3. The Morgan fingerprint density at radius 2 is 2.26 bits per heavy atom. The number of hydrogen-bond donors (Lipinski definition) is 0. The van der Waals surface area contributed by atoms with Crippen molar-refractivity contribution in [2.24, 2.45) is 0 Å². The number of amides is 1. The van der Waals surface area contributed by atoms with Crippen LogP contribution < -0.4 is 0 Å². The Morgan fingerprint density at radius 3 is 2.89 bits per heavy atom. The van der Waals surface area contributed by atoms with Crippen molar-refractivity contribution in [2.45, 2.75) is 11.6 Å². The number of thioether (sulfide) groups is 1. The van der Waals surface area contributed by atoms with E-state index in [1.165, 1.54) is 23.1 Å². The summed E-state index contributed by atoms with van der Waals surface area (Å²) in [5, 5.41) is 0.864. The van der Waals surface area contributed by atoms with Crippen LogP contribution in [0.2, 0.25) is 4.34 Å². The quantitative estimate of drug-likeness (QED) is 0.792. The fraction of sp³-hybridized carbons (Fsp3) is 0.231. The SMILES string of the molecule is CN(Cc1ccc(Cl)s1)C(=O)CSc1ccccn1. The van der Waals surface area contributed by atoms with E-state index in [1.54, 1.807) is 18.1 Å². The van der Waals surface area contributed by atoms with Crippen LogP contribution in [0.25, 0.3) is 0 Å². The molecular formula is C13H13ClN2OS2. The number of rotatable bonds is 5. The third-order valence-electron chi connectivity index (χ3n) is 2.43. The van der Waals surface area contributed by atoms with Gasteiger partial charge in [-0.25, -0.2) is 4.98 Å². The molecule has 0 radical (unpaired) electrons. The van der Waals surface area contributed by atoms with Crippen molar-refractivity contribution >= 4 is 40.6 Å². The van der Waals surface area contributed by atoms with Gasteiger partial charge in [-0.15, -0.1) is 11.3 Å². The maximum absolute atomic E-state index is 12.0. The van der Waals surface area contributed by atoms with E-state index < -0.39 is 0 Å². The highest BCUT2D eigenvalue weighted by Crippen LogP contribution is 2.22. The number of nitrogens with zero attached hydrogens (tertiary/aromatic N) is 2. The first-order valence-electron chi connectivity index (χ1n) is 5.67. The molecule has 0 aliphatic heterocycles. The zero-order chi connectivity index (χ0) is 13.7. The molecule has 0 aliphatic carbocycles. The summed E-state index contributed by atoms with van der Waals surface area (Å²) in [6.45, 7) is 0.596. The molecule has 6 heteroatoms. The van der Waals surface area contributed by atoms with E-state index in [4.69, 9.17) is 11.6 Å².